The summed E-state index contributed by atoms with van der Waals surface area (Å²) in [6, 6.07) is 18.5. The maximum atomic E-state index is 12.6. The second kappa shape index (κ2) is 6.89. The fraction of sp³-hybridized carbons (Fsp3) is 0.0909. The Balaban J connectivity index is 1.64. The average Bonchev–Trinajstić information content (AvgIpc) is 3.05. The number of aromatic nitrogens is 1. The first-order valence-corrected chi connectivity index (χ1v) is 8.93. The monoisotopic (exact) mass is 376 g/mol. The molecule has 3 aromatic carbocycles. The van der Waals surface area contributed by atoms with Gasteiger partial charge in [0.1, 0.15) is 5.52 Å². The van der Waals surface area contributed by atoms with E-state index >= 15 is 0 Å². The maximum Gasteiger partial charge on any atom is 0.255 e. The Kier molecular flexibility index (Phi) is 4.42. The van der Waals surface area contributed by atoms with E-state index < -0.39 is 0 Å². The number of hydrogen-bond donors (Lipinski definition) is 1. The van der Waals surface area contributed by atoms with Gasteiger partial charge in [0, 0.05) is 11.3 Å². The van der Waals surface area contributed by atoms with Gasteiger partial charge in [0.05, 0.1) is 10.6 Å². The normalized spacial score (nSPS) is 10.9. The van der Waals surface area contributed by atoms with Crippen LogP contribution >= 0.6 is 11.6 Å². The van der Waals surface area contributed by atoms with E-state index in [1.54, 1.807) is 24.3 Å². The third kappa shape index (κ3) is 3.44. The quantitative estimate of drug-likeness (QED) is 0.475. The molecule has 4 rings (SSSR count). The van der Waals surface area contributed by atoms with E-state index in [1.807, 2.05) is 50.2 Å². The van der Waals surface area contributed by atoms with Crippen molar-refractivity contribution < 1.29 is 9.21 Å². The summed E-state index contributed by atoms with van der Waals surface area (Å²) in [5.41, 5.74) is 5.40. The van der Waals surface area contributed by atoms with Crippen molar-refractivity contribution in [3.63, 3.8) is 0 Å². The van der Waals surface area contributed by atoms with Crippen LogP contribution in [0.5, 0.6) is 0 Å². The summed E-state index contributed by atoms with van der Waals surface area (Å²) in [6.45, 7) is 3.93. The van der Waals surface area contributed by atoms with Crippen molar-refractivity contribution in [1.29, 1.82) is 0 Å². The van der Waals surface area contributed by atoms with Crippen molar-refractivity contribution >= 4 is 34.3 Å². The molecule has 0 saturated carbocycles. The number of carbonyl (C=O) groups is 1. The Morgan fingerprint density at radius 3 is 2.63 bits per heavy atom. The third-order valence-corrected chi connectivity index (χ3v) is 4.71. The number of nitrogens with zero attached hydrogens (tertiary/aromatic N) is 1. The van der Waals surface area contributed by atoms with Crippen molar-refractivity contribution in [2.24, 2.45) is 0 Å². The summed E-state index contributed by atoms with van der Waals surface area (Å²) in [5, 5.41) is 3.50. The standard InChI is InChI=1S/C22H17ClN2O2/c1-13-7-9-16(14(2)11-13)21(26)24-15-8-10-20-19(12-15)25-22(27-20)17-5-3-4-6-18(17)23/h3-12H,1-2H3,(H,24,26). The molecular weight excluding hydrogens is 360 g/mol. The van der Waals surface area contributed by atoms with E-state index in [0.717, 1.165) is 16.7 Å². The van der Waals surface area contributed by atoms with Crippen LogP contribution in [0.15, 0.2) is 65.1 Å². The molecule has 0 aliphatic carbocycles. The van der Waals surface area contributed by atoms with Gasteiger partial charge in [-0.3, -0.25) is 4.79 Å². The highest BCUT2D eigenvalue weighted by Gasteiger charge is 2.13. The zero-order valence-electron chi connectivity index (χ0n) is 14.9. The molecule has 5 heteroatoms. The van der Waals surface area contributed by atoms with Crippen molar-refractivity contribution in [2.75, 3.05) is 5.32 Å². The number of fused-ring (bicyclic) bond motifs is 1. The summed E-state index contributed by atoms with van der Waals surface area (Å²) in [5.74, 6) is 0.301. The van der Waals surface area contributed by atoms with E-state index in [2.05, 4.69) is 10.3 Å². The number of aryl methyl sites for hydroxylation is 2. The van der Waals surface area contributed by atoms with E-state index in [4.69, 9.17) is 16.0 Å². The van der Waals surface area contributed by atoms with Crippen LogP contribution in [0, 0.1) is 13.8 Å². The van der Waals surface area contributed by atoms with Crippen LogP contribution < -0.4 is 5.32 Å². The number of halogens is 1. The molecule has 1 heterocycles. The van der Waals surface area contributed by atoms with E-state index in [1.165, 1.54) is 0 Å². The van der Waals surface area contributed by atoms with Gasteiger partial charge in [-0.15, -0.1) is 0 Å². The smallest absolute Gasteiger partial charge is 0.255 e. The van der Waals surface area contributed by atoms with Gasteiger partial charge in [0.2, 0.25) is 5.89 Å². The van der Waals surface area contributed by atoms with Gasteiger partial charge in [0.15, 0.2) is 5.58 Å². The first-order chi connectivity index (χ1) is 13.0. The zero-order valence-corrected chi connectivity index (χ0v) is 15.7. The number of nitrogens with one attached hydrogen (secondary N) is 1. The van der Waals surface area contributed by atoms with Crippen LogP contribution in [0.1, 0.15) is 21.5 Å². The molecule has 4 aromatic rings. The molecule has 1 aromatic heterocycles. The highest BCUT2D eigenvalue weighted by molar-refractivity contribution is 6.33. The first kappa shape index (κ1) is 17.3. The number of anilines is 1. The fourth-order valence-corrected chi connectivity index (χ4v) is 3.24. The molecule has 0 fully saturated rings. The minimum absolute atomic E-state index is 0.151. The summed E-state index contributed by atoms with van der Waals surface area (Å²) in [6.07, 6.45) is 0. The molecule has 0 atom stereocenters. The second-order valence-corrected chi connectivity index (χ2v) is 6.86. The highest BCUT2D eigenvalue weighted by atomic mass is 35.5. The topological polar surface area (TPSA) is 55.1 Å². The van der Waals surface area contributed by atoms with Crippen LogP contribution in [-0.2, 0) is 0 Å². The Labute approximate surface area is 161 Å². The van der Waals surface area contributed by atoms with Crippen LogP contribution in [0.25, 0.3) is 22.6 Å². The molecule has 1 amide bonds. The van der Waals surface area contributed by atoms with Gasteiger partial charge in [-0.2, -0.15) is 0 Å². The Morgan fingerprint density at radius 1 is 1.04 bits per heavy atom. The maximum absolute atomic E-state index is 12.6. The molecule has 0 unspecified atom stereocenters. The van der Waals surface area contributed by atoms with Crippen molar-refractivity contribution in [1.82, 2.24) is 4.98 Å². The fourth-order valence-electron chi connectivity index (χ4n) is 3.02. The van der Waals surface area contributed by atoms with E-state index in [9.17, 15) is 4.79 Å². The molecule has 0 aliphatic heterocycles. The van der Waals surface area contributed by atoms with Crippen LogP contribution in [-0.4, -0.2) is 10.9 Å². The van der Waals surface area contributed by atoms with Crippen LogP contribution in [0.3, 0.4) is 0 Å². The molecule has 0 radical (unpaired) electrons. The lowest BCUT2D eigenvalue weighted by Gasteiger charge is -2.08. The summed E-state index contributed by atoms with van der Waals surface area (Å²) in [4.78, 5) is 17.1. The summed E-state index contributed by atoms with van der Waals surface area (Å²) < 4.78 is 5.80. The molecule has 0 spiro atoms. The molecule has 1 N–H and O–H groups in total. The lowest BCUT2D eigenvalue weighted by atomic mass is 10.1. The SMILES string of the molecule is Cc1ccc(C(=O)Nc2ccc3oc(-c4ccccc4Cl)nc3c2)c(C)c1. The third-order valence-electron chi connectivity index (χ3n) is 4.38. The number of rotatable bonds is 3. The van der Waals surface area contributed by atoms with E-state index in [-0.39, 0.29) is 5.91 Å². The number of benzene rings is 3. The van der Waals surface area contributed by atoms with E-state index in [0.29, 0.717) is 33.3 Å². The molecular formula is C22H17ClN2O2. The molecule has 0 saturated heterocycles. The zero-order chi connectivity index (χ0) is 19.0. The van der Waals surface area contributed by atoms with Crippen LogP contribution in [0.2, 0.25) is 5.02 Å². The van der Waals surface area contributed by atoms with Crippen molar-refractivity contribution in [3.05, 3.63) is 82.4 Å². The lowest BCUT2D eigenvalue weighted by molar-refractivity contribution is 0.102. The minimum Gasteiger partial charge on any atom is -0.436 e. The molecule has 0 aliphatic rings. The summed E-state index contributed by atoms with van der Waals surface area (Å²) >= 11 is 6.22. The van der Waals surface area contributed by atoms with Crippen molar-refractivity contribution in [3.8, 4) is 11.5 Å². The number of hydrogen-bond acceptors (Lipinski definition) is 3. The largest absolute Gasteiger partial charge is 0.436 e. The average molecular weight is 377 g/mol. The lowest BCUT2D eigenvalue weighted by Crippen LogP contribution is -2.13. The van der Waals surface area contributed by atoms with Gasteiger partial charge >= 0.3 is 0 Å². The molecule has 27 heavy (non-hydrogen) atoms. The molecule has 4 nitrogen and oxygen atoms in total. The van der Waals surface area contributed by atoms with Gasteiger partial charge in [-0.05, 0) is 55.8 Å². The minimum atomic E-state index is -0.151. The van der Waals surface area contributed by atoms with Crippen molar-refractivity contribution in [2.45, 2.75) is 13.8 Å². The number of carbonyl (C=O) groups excluding carboxylic acids is 1. The van der Waals surface area contributed by atoms with Gasteiger partial charge in [-0.1, -0.05) is 41.4 Å². The van der Waals surface area contributed by atoms with Gasteiger partial charge in [0.25, 0.3) is 5.91 Å². The Bertz CT molecular complexity index is 1160. The number of oxazole rings is 1. The highest BCUT2D eigenvalue weighted by Crippen LogP contribution is 2.30. The summed E-state index contributed by atoms with van der Waals surface area (Å²) in [7, 11) is 0. The predicted octanol–water partition coefficient (Wildman–Crippen LogP) is 6.02. The van der Waals surface area contributed by atoms with Gasteiger partial charge in [-0.25, -0.2) is 4.98 Å². The first-order valence-electron chi connectivity index (χ1n) is 8.55. The Hall–Kier alpha value is -3.11. The molecule has 0 bridgehead atoms. The Morgan fingerprint density at radius 2 is 1.85 bits per heavy atom. The van der Waals surface area contributed by atoms with Crippen LogP contribution in [0.4, 0.5) is 5.69 Å². The van der Waals surface area contributed by atoms with Gasteiger partial charge < -0.3 is 9.73 Å². The predicted molar refractivity (Wildman–Crippen MR) is 108 cm³/mol. The molecule has 134 valence electrons. The second-order valence-electron chi connectivity index (χ2n) is 6.45. The number of amides is 1.